The molecule has 2 aliphatic rings. The highest BCUT2D eigenvalue weighted by molar-refractivity contribution is 7.15. The predicted molar refractivity (Wildman–Crippen MR) is 142 cm³/mol. The number of ketones is 1. The van der Waals surface area contributed by atoms with Crippen molar-refractivity contribution in [2.75, 3.05) is 6.54 Å². The third-order valence-corrected chi connectivity index (χ3v) is 8.59. The Labute approximate surface area is 215 Å². The first-order valence-electron chi connectivity index (χ1n) is 12.3. The molecule has 0 radical (unpaired) electrons. The number of benzene rings is 2. The quantitative estimate of drug-likeness (QED) is 0.380. The number of hydrogen-bond acceptors (Lipinski definition) is 5. The lowest BCUT2D eigenvalue weighted by atomic mass is 9.92. The normalized spacial score (nSPS) is 18.8. The van der Waals surface area contributed by atoms with Gasteiger partial charge in [0.05, 0.1) is 9.88 Å². The summed E-state index contributed by atoms with van der Waals surface area (Å²) in [4.78, 5) is 33.3. The second-order valence-electron chi connectivity index (χ2n) is 9.66. The Bertz CT molecular complexity index is 1260. The smallest absolute Gasteiger partial charge is 0.252 e. The third kappa shape index (κ3) is 5.20. The second-order valence-corrected chi connectivity index (χ2v) is 11.1. The van der Waals surface area contributed by atoms with Crippen molar-refractivity contribution in [2.45, 2.75) is 64.0 Å². The molecule has 5 nitrogen and oxygen atoms in total. The SMILES string of the molecule is Cc1cccc(-c2sc(C3CC3)nc2C(=O)C(NC(=O)c2cccc(Cl)c2C)C2CCCCN2)c1. The molecule has 7 heteroatoms. The van der Waals surface area contributed by atoms with E-state index in [1.807, 2.05) is 19.1 Å². The molecule has 1 aliphatic carbocycles. The van der Waals surface area contributed by atoms with Crippen LogP contribution in [0.3, 0.4) is 0 Å². The van der Waals surface area contributed by atoms with Crippen molar-refractivity contribution in [1.29, 1.82) is 0 Å². The monoisotopic (exact) mass is 507 g/mol. The van der Waals surface area contributed by atoms with Gasteiger partial charge in [-0.15, -0.1) is 11.3 Å². The lowest BCUT2D eigenvalue weighted by Gasteiger charge is -2.31. The number of rotatable bonds is 7. The van der Waals surface area contributed by atoms with Gasteiger partial charge in [0.25, 0.3) is 5.91 Å². The minimum absolute atomic E-state index is 0.128. The fraction of sp³-hybridized carbons (Fsp3) is 0.393. The first-order chi connectivity index (χ1) is 16.9. The molecule has 2 atom stereocenters. The number of thiazole rings is 1. The van der Waals surface area contributed by atoms with Crippen molar-refractivity contribution >= 4 is 34.6 Å². The Hall–Kier alpha value is -2.54. The van der Waals surface area contributed by atoms with E-state index < -0.39 is 6.04 Å². The van der Waals surface area contributed by atoms with Crippen LogP contribution in [-0.2, 0) is 0 Å². The van der Waals surface area contributed by atoms with Crippen molar-refractivity contribution < 1.29 is 9.59 Å². The van der Waals surface area contributed by atoms with Gasteiger partial charge in [-0.1, -0.05) is 53.9 Å². The zero-order chi connectivity index (χ0) is 24.5. The summed E-state index contributed by atoms with van der Waals surface area (Å²) in [5.41, 5.74) is 3.81. The first-order valence-corrected chi connectivity index (χ1v) is 13.5. The van der Waals surface area contributed by atoms with Gasteiger partial charge in [-0.2, -0.15) is 0 Å². The number of nitrogens with one attached hydrogen (secondary N) is 2. The van der Waals surface area contributed by atoms with Crippen LogP contribution in [0.2, 0.25) is 5.02 Å². The van der Waals surface area contributed by atoms with Crippen molar-refractivity contribution in [3.05, 3.63) is 74.9 Å². The molecule has 5 rings (SSSR count). The van der Waals surface area contributed by atoms with E-state index in [9.17, 15) is 9.59 Å². The number of piperidine rings is 1. The van der Waals surface area contributed by atoms with Crippen molar-refractivity contribution in [1.82, 2.24) is 15.6 Å². The molecule has 182 valence electrons. The van der Waals surface area contributed by atoms with Crippen LogP contribution in [-0.4, -0.2) is 35.3 Å². The molecule has 2 N–H and O–H groups in total. The molecular weight excluding hydrogens is 478 g/mol. The summed E-state index contributed by atoms with van der Waals surface area (Å²) in [6, 6.07) is 12.6. The van der Waals surface area contributed by atoms with E-state index in [1.165, 1.54) is 0 Å². The average molecular weight is 508 g/mol. The van der Waals surface area contributed by atoms with Crippen molar-refractivity contribution in [2.24, 2.45) is 0 Å². The molecule has 1 amide bonds. The number of carbonyl (C=O) groups excluding carboxylic acids is 2. The topological polar surface area (TPSA) is 71.1 Å². The van der Waals surface area contributed by atoms with E-state index >= 15 is 0 Å². The van der Waals surface area contributed by atoms with E-state index in [1.54, 1.807) is 29.5 Å². The Morgan fingerprint density at radius 2 is 1.91 bits per heavy atom. The number of nitrogens with zero attached hydrogens (tertiary/aromatic N) is 1. The highest BCUT2D eigenvalue weighted by Crippen LogP contribution is 2.45. The minimum Gasteiger partial charge on any atom is -0.340 e. The fourth-order valence-electron chi connectivity index (χ4n) is 4.72. The lowest BCUT2D eigenvalue weighted by Crippen LogP contribution is -2.55. The highest BCUT2D eigenvalue weighted by Gasteiger charge is 2.37. The number of carbonyl (C=O) groups is 2. The van der Waals surface area contributed by atoms with Gasteiger partial charge >= 0.3 is 0 Å². The number of aromatic nitrogens is 1. The highest BCUT2D eigenvalue weighted by atomic mass is 35.5. The summed E-state index contributed by atoms with van der Waals surface area (Å²) >= 11 is 7.89. The van der Waals surface area contributed by atoms with Gasteiger partial charge in [0, 0.05) is 22.5 Å². The van der Waals surface area contributed by atoms with E-state index in [-0.39, 0.29) is 17.7 Å². The van der Waals surface area contributed by atoms with Gasteiger partial charge in [0.15, 0.2) is 0 Å². The Morgan fingerprint density at radius 1 is 1.11 bits per heavy atom. The van der Waals surface area contributed by atoms with E-state index in [0.717, 1.165) is 59.7 Å². The molecule has 2 fully saturated rings. The number of amides is 1. The summed E-state index contributed by atoms with van der Waals surface area (Å²) in [6.45, 7) is 4.71. The van der Waals surface area contributed by atoms with E-state index in [4.69, 9.17) is 16.6 Å². The molecule has 2 heterocycles. The van der Waals surface area contributed by atoms with Crippen LogP contribution in [0.1, 0.15) is 75.0 Å². The Balaban J connectivity index is 1.52. The van der Waals surface area contributed by atoms with Crippen LogP contribution < -0.4 is 10.6 Å². The summed E-state index contributed by atoms with van der Waals surface area (Å²) in [7, 11) is 0. The van der Waals surface area contributed by atoms with E-state index in [0.29, 0.717) is 27.8 Å². The van der Waals surface area contributed by atoms with Crippen LogP contribution in [0.15, 0.2) is 42.5 Å². The van der Waals surface area contributed by atoms with Gasteiger partial charge < -0.3 is 10.6 Å². The molecule has 35 heavy (non-hydrogen) atoms. The van der Waals surface area contributed by atoms with Crippen LogP contribution in [0.5, 0.6) is 0 Å². The van der Waals surface area contributed by atoms with Gasteiger partial charge in [-0.05, 0) is 69.3 Å². The standard InChI is InChI=1S/C28H30ClN3O2S/c1-16-7-5-8-19(15-16)26-24(32-28(35-26)18-12-13-18)25(33)23(22-11-3-4-14-30-22)31-27(34)20-9-6-10-21(29)17(20)2/h5-10,15,18,22-23,30H,3-4,11-14H2,1-2H3,(H,31,34). The average Bonchev–Trinajstić information content (AvgIpc) is 3.62. The molecule has 1 saturated carbocycles. The van der Waals surface area contributed by atoms with Crippen LogP contribution in [0.25, 0.3) is 10.4 Å². The number of halogens is 1. The zero-order valence-corrected chi connectivity index (χ0v) is 21.6. The maximum Gasteiger partial charge on any atom is 0.252 e. The Morgan fingerprint density at radius 3 is 2.63 bits per heavy atom. The lowest BCUT2D eigenvalue weighted by molar-refractivity contribution is 0.0822. The summed E-state index contributed by atoms with van der Waals surface area (Å²) in [5.74, 6) is 0.0302. The molecule has 2 unspecified atom stereocenters. The van der Waals surface area contributed by atoms with Crippen LogP contribution in [0, 0.1) is 13.8 Å². The molecule has 2 aromatic carbocycles. The second kappa shape index (κ2) is 10.2. The van der Waals surface area contributed by atoms with Gasteiger partial charge in [-0.3, -0.25) is 9.59 Å². The van der Waals surface area contributed by atoms with Crippen LogP contribution in [0.4, 0.5) is 0 Å². The summed E-state index contributed by atoms with van der Waals surface area (Å²) < 4.78 is 0. The molecular formula is C28H30ClN3O2S. The predicted octanol–water partition coefficient (Wildman–Crippen LogP) is 6.08. The molecule has 1 aromatic heterocycles. The van der Waals surface area contributed by atoms with Gasteiger partial charge in [-0.25, -0.2) is 4.98 Å². The first kappa shape index (κ1) is 24.2. The molecule has 0 bridgehead atoms. The van der Waals surface area contributed by atoms with Gasteiger partial charge in [0.1, 0.15) is 11.7 Å². The minimum atomic E-state index is -0.709. The molecule has 3 aromatic rings. The largest absolute Gasteiger partial charge is 0.340 e. The Kier molecular flexibility index (Phi) is 7.05. The van der Waals surface area contributed by atoms with Crippen LogP contribution >= 0.6 is 22.9 Å². The third-order valence-electron chi connectivity index (χ3n) is 6.92. The molecule has 1 saturated heterocycles. The number of Topliss-reactive ketones (excluding diaryl/α,β-unsaturated/α-hetero) is 1. The van der Waals surface area contributed by atoms with Crippen molar-refractivity contribution in [3.63, 3.8) is 0 Å². The molecule has 0 spiro atoms. The maximum absolute atomic E-state index is 14.2. The number of hydrogen-bond donors (Lipinski definition) is 2. The maximum atomic E-state index is 14.2. The number of aryl methyl sites for hydroxylation is 1. The fourth-order valence-corrected chi connectivity index (χ4v) is 6.13. The zero-order valence-electron chi connectivity index (χ0n) is 20.1. The summed E-state index contributed by atoms with van der Waals surface area (Å²) in [6.07, 6.45) is 5.14. The van der Waals surface area contributed by atoms with E-state index in [2.05, 4.69) is 29.7 Å². The van der Waals surface area contributed by atoms with Gasteiger partial charge in [0.2, 0.25) is 5.78 Å². The summed E-state index contributed by atoms with van der Waals surface area (Å²) in [5, 5.41) is 8.10. The molecule has 1 aliphatic heterocycles. The van der Waals surface area contributed by atoms with Crippen molar-refractivity contribution in [3.8, 4) is 10.4 Å².